The summed E-state index contributed by atoms with van der Waals surface area (Å²) in [7, 11) is 1.68. The van der Waals surface area contributed by atoms with Crippen molar-refractivity contribution in [1.29, 1.82) is 0 Å². The van der Waals surface area contributed by atoms with E-state index in [1.807, 2.05) is 20.8 Å². The standard InChI is InChI=1S/C12H21N5O2/c1-12(2,3)15-9(18)5-6-14-11(19)10-8(13)7-17(4)16-10/h7H,5-6,13H2,1-4H3,(H,14,19)(H,15,18). The first-order valence-electron chi connectivity index (χ1n) is 6.07. The highest BCUT2D eigenvalue weighted by Gasteiger charge is 2.16. The second kappa shape index (κ2) is 5.73. The van der Waals surface area contributed by atoms with Gasteiger partial charge in [-0.3, -0.25) is 14.3 Å². The number of hydrogen-bond donors (Lipinski definition) is 3. The zero-order chi connectivity index (χ0) is 14.6. The van der Waals surface area contributed by atoms with Gasteiger partial charge in [-0.05, 0) is 20.8 Å². The minimum atomic E-state index is -0.373. The van der Waals surface area contributed by atoms with Gasteiger partial charge in [0, 0.05) is 31.7 Å². The predicted octanol–water partition coefficient (Wildman–Crippen LogP) is 0.0369. The van der Waals surface area contributed by atoms with E-state index in [0.29, 0.717) is 5.69 Å². The minimum absolute atomic E-state index is 0.109. The summed E-state index contributed by atoms with van der Waals surface area (Å²) in [5, 5.41) is 9.37. The largest absolute Gasteiger partial charge is 0.396 e. The van der Waals surface area contributed by atoms with E-state index in [2.05, 4.69) is 15.7 Å². The average Bonchev–Trinajstić information content (AvgIpc) is 2.55. The van der Waals surface area contributed by atoms with Gasteiger partial charge in [0.25, 0.3) is 5.91 Å². The smallest absolute Gasteiger partial charge is 0.273 e. The molecule has 0 aliphatic rings. The molecule has 0 aliphatic heterocycles. The normalized spacial score (nSPS) is 11.2. The van der Waals surface area contributed by atoms with Crippen molar-refractivity contribution in [2.45, 2.75) is 32.7 Å². The Labute approximate surface area is 112 Å². The number of nitrogen functional groups attached to an aromatic ring is 1. The fourth-order valence-electron chi connectivity index (χ4n) is 1.54. The molecule has 4 N–H and O–H groups in total. The van der Waals surface area contributed by atoms with Crippen LogP contribution in [0.2, 0.25) is 0 Å². The monoisotopic (exact) mass is 267 g/mol. The maximum atomic E-state index is 11.7. The lowest BCUT2D eigenvalue weighted by Crippen LogP contribution is -2.42. The molecule has 1 rings (SSSR count). The summed E-state index contributed by atoms with van der Waals surface area (Å²) in [5.74, 6) is -0.483. The number of hydrogen-bond acceptors (Lipinski definition) is 4. The highest BCUT2D eigenvalue weighted by molar-refractivity contribution is 5.97. The molecular formula is C12H21N5O2. The molecule has 1 aromatic heterocycles. The Morgan fingerprint density at radius 1 is 1.42 bits per heavy atom. The van der Waals surface area contributed by atoms with E-state index < -0.39 is 0 Å². The Balaban J connectivity index is 2.40. The molecule has 0 saturated heterocycles. The van der Waals surface area contributed by atoms with Gasteiger partial charge in [-0.15, -0.1) is 0 Å². The molecule has 7 nitrogen and oxygen atoms in total. The van der Waals surface area contributed by atoms with E-state index in [1.165, 1.54) is 4.68 Å². The van der Waals surface area contributed by atoms with Crippen LogP contribution < -0.4 is 16.4 Å². The second-order valence-corrected chi connectivity index (χ2v) is 5.41. The van der Waals surface area contributed by atoms with Gasteiger partial charge in [-0.25, -0.2) is 0 Å². The van der Waals surface area contributed by atoms with Gasteiger partial charge in [0.05, 0.1) is 5.69 Å². The third-order valence-corrected chi connectivity index (χ3v) is 2.22. The number of anilines is 1. The zero-order valence-corrected chi connectivity index (χ0v) is 11.8. The third-order valence-electron chi connectivity index (χ3n) is 2.22. The first kappa shape index (κ1) is 15.0. The number of aromatic nitrogens is 2. The van der Waals surface area contributed by atoms with Crippen molar-refractivity contribution in [2.75, 3.05) is 12.3 Å². The van der Waals surface area contributed by atoms with Crippen LogP contribution in [0.1, 0.15) is 37.7 Å². The van der Waals surface area contributed by atoms with E-state index in [1.54, 1.807) is 13.2 Å². The van der Waals surface area contributed by atoms with Crippen molar-refractivity contribution < 1.29 is 9.59 Å². The molecule has 0 unspecified atom stereocenters. The number of nitrogens with zero attached hydrogens (tertiary/aromatic N) is 2. The fourth-order valence-corrected chi connectivity index (χ4v) is 1.54. The first-order chi connectivity index (χ1) is 8.69. The summed E-state index contributed by atoms with van der Waals surface area (Å²) in [6, 6.07) is 0. The molecule has 0 aliphatic carbocycles. The molecule has 0 radical (unpaired) electrons. The number of nitrogens with one attached hydrogen (secondary N) is 2. The molecule has 2 amide bonds. The molecule has 0 saturated carbocycles. The van der Waals surface area contributed by atoms with Crippen molar-refractivity contribution in [1.82, 2.24) is 20.4 Å². The Kier molecular flexibility index (Phi) is 4.52. The maximum Gasteiger partial charge on any atom is 0.273 e. The first-order valence-corrected chi connectivity index (χ1v) is 6.07. The van der Waals surface area contributed by atoms with Gasteiger partial charge in [0.1, 0.15) is 0 Å². The van der Waals surface area contributed by atoms with E-state index in [-0.39, 0.29) is 36.0 Å². The Morgan fingerprint density at radius 2 is 2.05 bits per heavy atom. The lowest BCUT2D eigenvalue weighted by Gasteiger charge is -2.20. The number of aryl methyl sites for hydroxylation is 1. The van der Waals surface area contributed by atoms with Crippen molar-refractivity contribution in [3.8, 4) is 0 Å². The van der Waals surface area contributed by atoms with E-state index in [0.717, 1.165) is 0 Å². The lowest BCUT2D eigenvalue weighted by atomic mass is 10.1. The second-order valence-electron chi connectivity index (χ2n) is 5.41. The lowest BCUT2D eigenvalue weighted by molar-refractivity contribution is -0.122. The maximum absolute atomic E-state index is 11.7. The quantitative estimate of drug-likeness (QED) is 0.716. The van der Waals surface area contributed by atoms with Crippen LogP contribution in [-0.4, -0.2) is 33.7 Å². The van der Waals surface area contributed by atoms with Crippen molar-refractivity contribution in [3.05, 3.63) is 11.9 Å². The molecule has 0 spiro atoms. The number of carbonyl (C=O) groups excluding carboxylic acids is 2. The van der Waals surface area contributed by atoms with Gasteiger partial charge < -0.3 is 16.4 Å². The molecule has 0 bridgehead atoms. The van der Waals surface area contributed by atoms with Crippen molar-refractivity contribution in [2.24, 2.45) is 7.05 Å². The average molecular weight is 267 g/mol. The SMILES string of the molecule is Cn1cc(N)c(C(=O)NCCC(=O)NC(C)(C)C)n1. The molecular weight excluding hydrogens is 246 g/mol. The van der Waals surface area contributed by atoms with Gasteiger partial charge >= 0.3 is 0 Å². The van der Waals surface area contributed by atoms with Crippen LogP contribution >= 0.6 is 0 Å². The molecule has 7 heteroatoms. The highest BCUT2D eigenvalue weighted by atomic mass is 16.2. The summed E-state index contributed by atoms with van der Waals surface area (Å²) in [4.78, 5) is 23.3. The van der Waals surface area contributed by atoms with Crippen LogP contribution in [-0.2, 0) is 11.8 Å². The predicted molar refractivity (Wildman–Crippen MR) is 72.5 cm³/mol. The van der Waals surface area contributed by atoms with Crippen LogP contribution in [0.3, 0.4) is 0 Å². The van der Waals surface area contributed by atoms with Crippen molar-refractivity contribution >= 4 is 17.5 Å². The third kappa shape index (κ3) is 4.99. The zero-order valence-electron chi connectivity index (χ0n) is 11.8. The number of rotatable bonds is 4. The van der Waals surface area contributed by atoms with Gasteiger partial charge in [0.2, 0.25) is 5.91 Å². The highest BCUT2D eigenvalue weighted by Crippen LogP contribution is 2.07. The van der Waals surface area contributed by atoms with Crippen LogP contribution in [0, 0.1) is 0 Å². The summed E-state index contributed by atoms with van der Waals surface area (Å²) in [6.45, 7) is 5.95. The van der Waals surface area contributed by atoms with Crippen LogP contribution in [0.25, 0.3) is 0 Å². The number of carbonyl (C=O) groups is 2. The topological polar surface area (TPSA) is 102 Å². The summed E-state index contributed by atoms with van der Waals surface area (Å²) in [5.41, 5.74) is 5.86. The molecule has 0 aromatic carbocycles. The van der Waals surface area contributed by atoms with Crippen LogP contribution in [0.5, 0.6) is 0 Å². The van der Waals surface area contributed by atoms with Gasteiger partial charge in [0.15, 0.2) is 5.69 Å². The molecule has 0 atom stereocenters. The number of nitrogens with two attached hydrogens (primary N) is 1. The van der Waals surface area contributed by atoms with Gasteiger partial charge in [-0.2, -0.15) is 5.10 Å². The van der Waals surface area contributed by atoms with Crippen LogP contribution in [0.4, 0.5) is 5.69 Å². The van der Waals surface area contributed by atoms with E-state index >= 15 is 0 Å². The number of amides is 2. The van der Waals surface area contributed by atoms with Gasteiger partial charge in [-0.1, -0.05) is 0 Å². The van der Waals surface area contributed by atoms with E-state index in [9.17, 15) is 9.59 Å². The Hall–Kier alpha value is -2.05. The Bertz CT molecular complexity index is 473. The summed E-state index contributed by atoms with van der Waals surface area (Å²) in [6.07, 6.45) is 1.77. The molecule has 1 aromatic rings. The minimum Gasteiger partial charge on any atom is -0.396 e. The summed E-state index contributed by atoms with van der Waals surface area (Å²) < 4.78 is 1.47. The van der Waals surface area contributed by atoms with E-state index in [4.69, 9.17) is 5.73 Å². The molecule has 19 heavy (non-hydrogen) atoms. The van der Waals surface area contributed by atoms with Crippen molar-refractivity contribution in [3.63, 3.8) is 0 Å². The molecule has 1 heterocycles. The molecule has 0 fully saturated rings. The summed E-state index contributed by atoms with van der Waals surface area (Å²) >= 11 is 0. The molecule has 106 valence electrons. The Morgan fingerprint density at radius 3 is 2.53 bits per heavy atom. The fraction of sp³-hybridized carbons (Fsp3) is 0.583. The van der Waals surface area contributed by atoms with Crippen LogP contribution in [0.15, 0.2) is 6.20 Å².